The Morgan fingerprint density at radius 2 is 1.80 bits per heavy atom. The standard InChI is InChI=1S/C24H29N7O4/c1-14-8-15(2)10-16(9-14)31-19-17(11-26-31)20(32)30(13-25-19)12-18-27-21(29-35-18)24(6,7)28-22(33)34-23(3,4)5/h8-11,13H,12H2,1-7H3,(H,28,33). The molecule has 1 aromatic carbocycles. The third-order valence-corrected chi connectivity index (χ3v) is 5.15. The maximum atomic E-state index is 13.1. The van der Waals surface area contributed by atoms with Gasteiger partial charge in [-0.1, -0.05) is 11.2 Å². The first-order valence-corrected chi connectivity index (χ1v) is 11.2. The summed E-state index contributed by atoms with van der Waals surface area (Å²) in [4.78, 5) is 34.1. The molecule has 3 aromatic heterocycles. The van der Waals surface area contributed by atoms with Crippen LogP contribution in [0.15, 0.2) is 40.0 Å². The van der Waals surface area contributed by atoms with Crippen molar-refractivity contribution in [2.45, 2.75) is 66.2 Å². The van der Waals surface area contributed by atoms with Gasteiger partial charge in [-0.25, -0.2) is 14.5 Å². The quantitative estimate of drug-likeness (QED) is 0.461. The van der Waals surface area contributed by atoms with E-state index in [1.54, 1.807) is 39.3 Å². The molecule has 11 nitrogen and oxygen atoms in total. The van der Waals surface area contributed by atoms with Gasteiger partial charge in [-0.3, -0.25) is 9.36 Å². The summed E-state index contributed by atoms with van der Waals surface area (Å²) in [6.07, 6.45) is 2.34. The highest BCUT2D eigenvalue weighted by atomic mass is 16.6. The van der Waals surface area contributed by atoms with Gasteiger partial charge in [0.05, 0.1) is 11.9 Å². The molecule has 0 aliphatic heterocycles. The number of benzene rings is 1. The van der Waals surface area contributed by atoms with Gasteiger partial charge in [-0.05, 0) is 71.7 Å². The fourth-order valence-electron chi connectivity index (χ4n) is 3.66. The number of aryl methyl sites for hydroxylation is 2. The van der Waals surface area contributed by atoms with E-state index < -0.39 is 17.2 Å². The molecule has 0 bridgehead atoms. The molecule has 0 atom stereocenters. The molecule has 0 saturated heterocycles. The summed E-state index contributed by atoms with van der Waals surface area (Å²) in [5.41, 5.74) is 1.61. The second-order valence-corrected chi connectivity index (χ2v) is 10.1. The van der Waals surface area contributed by atoms with Crippen LogP contribution in [0.5, 0.6) is 0 Å². The van der Waals surface area contributed by atoms with Crippen molar-refractivity contribution in [2.75, 3.05) is 0 Å². The number of fused-ring (bicyclic) bond motifs is 1. The maximum Gasteiger partial charge on any atom is 0.408 e. The summed E-state index contributed by atoms with van der Waals surface area (Å²) in [5.74, 6) is 0.451. The molecule has 0 fully saturated rings. The van der Waals surface area contributed by atoms with Crippen molar-refractivity contribution < 1.29 is 14.1 Å². The average molecular weight is 480 g/mol. The van der Waals surface area contributed by atoms with Gasteiger partial charge in [-0.2, -0.15) is 10.1 Å². The SMILES string of the molecule is Cc1cc(C)cc(-n2ncc3c(=O)n(Cc4nc(C(C)(C)NC(=O)OC(C)(C)C)no4)cnc32)c1. The first-order valence-electron chi connectivity index (χ1n) is 11.2. The number of hydrogen-bond donors (Lipinski definition) is 1. The maximum absolute atomic E-state index is 13.1. The number of ether oxygens (including phenoxy) is 1. The van der Waals surface area contributed by atoms with Crippen LogP contribution in [0, 0.1) is 13.8 Å². The van der Waals surface area contributed by atoms with E-state index in [1.165, 1.54) is 17.1 Å². The number of alkyl carbamates (subject to hydrolysis) is 1. The number of hydrogen-bond acceptors (Lipinski definition) is 8. The van der Waals surface area contributed by atoms with E-state index in [2.05, 4.69) is 31.6 Å². The second-order valence-electron chi connectivity index (χ2n) is 10.1. The van der Waals surface area contributed by atoms with Crippen LogP contribution < -0.4 is 10.9 Å². The van der Waals surface area contributed by atoms with Crippen LogP contribution in [-0.2, 0) is 16.8 Å². The molecule has 0 saturated carbocycles. The van der Waals surface area contributed by atoms with E-state index >= 15 is 0 Å². The monoisotopic (exact) mass is 479 g/mol. The van der Waals surface area contributed by atoms with Crippen molar-refractivity contribution in [1.29, 1.82) is 0 Å². The normalized spacial score (nSPS) is 12.2. The Kier molecular flexibility index (Phi) is 5.95. The van der Waals surface area contributed by atoms with Crippen LogP contribution in [0.1, 0.15) is 57.5 Å². The van der Waals surface area contributed by atoms with Crippen LogP contribution in [0.4, 0.5) is 4.79 Å². The molecule has 4 aromatic rings. The first-order chi connectivity index (χ1) is 16.3. The lowest BCUT2D eigenvalue weighted by Crippen LogP contribution is -2.44. The van der Waals surface area contributed by atoms with Gasteiger partial charge in [0.1, 0.15) is 29.4 Å². The summed E-state index contributed by atoms with van der Waals surface area (Å²) in [7, 11) is 0. The zero-order valence-electron chi connectivity index (χ0n) is 20.9. The molecule has 4 rings (SSSR count). The Bertz CT molecular complexity index is 1440. The molecular formula is C24H29N7O4. The molecule has 0 radical (unpaired) electrons. The molecule has 0 aliphatic rings. The predicted molar refractivity (Wildman–Crippen MR) is 128 cm³/mol. The Morgan fingerprint density at radius 1 is 1.11 bits per heavy atom. The van der Waals surface area contributed by atoms with Gasteiger partial charge in [0.25, 0.3) is 5.56 Å². The molecule has 3 heterocycles. The van der Waals surface area contributed by atoms with Gasteiger partial charge < -0.3 is 14.6 Å². The lowest BCUT2D eigenvalue weighted by molar-refractivity contribution is 0.0465. The van der Waals surface area contributed by atoms with Crippen molar-refractivity contribution in [2.24, 2.45) is 0 Å². The Morgan fingerprint density at radius 3 is 2.46 bits per heavy atom. The summed E-state index contributed by atoms with van der Waals surface area (Å²) >= 11 is 0. The topological polar surface area (TPSA) is 130 Å². The zero-order chi connectivity index (χ0) is 25.5. The largest absolute Gasteiger partial charge is 0.444 e. The van der Waals surface area contributed by atoms with Crippen molar-refractivity contribution in [3.8, 4) is 5.69 Å². The van der Waals surface area contributed by atoms with Gasteiger partial charge in [0.15, 0.2) is 11.5 Å². The predicted octanol–water partition coefficient (Wildman–Crippen LogP) is 3.39. The number of carbonyl (C=O) groups excluding carboxylic acids is 1. The Balaban J connectivity index is 1.57. The summed E-state index contributed by atoms with van der Waals surface area (Å²) < 4.78 is 13.7. The minimum Gasteiger partial charge on any atom is -0.444 e. The van der Waals surface area contributed by atoms with E-state index in [0.29, 0.717) is 11.0 Å². The van der Waals surface area contributed by atoms with Gasteiger partial charge in [0, 0.05) is 0 Å². The molecule has 35 heavy (non-hydrogen) atoms. The molecule has 0 unspecified atom stereocenters. The Labute approximate surface area is 202 Å². The molecular weight excluding hydrogens is 450 g/mol. The van der Waals surface area contributed by atoms with Crippen LogP contribution in [0.25, 0.3) is 16.7 Å². The smallest absolute Gasteiger partial charge is 0.408 e. The fourth-order valence-corrected chi connectivity index (χ4v) is 3.66. The fraction of sp³-hybridized carbons (Fsp3) is 0.417. The summed E-state index contributed by atoms with van der Waals surface area (Å²) in [6.45, 7) is 12.8. The van der Waals surface area contributed by atoms with Crippen molar-refractivity contribution in [1.82, 2.24) is 34.8 Å². The number of aromatic nitrogens is 6. The highest BCUT2D eigenvalue weighted by Crippen LogP contribution is 2.19. The van der Waals surface area contributed by atoms with Gasteiger partial charge >= 0.3 is 6.09 Å². The summed E-state index contributed by atoms with van der Waals surface area (Å²) in [5, 5.41) is 11.5. The van der Waals surface area contributed by atoms with Crippen molar-refractivity contribution in [3.63, 3.8) is 0 Å². The number of rotatable bonds is 5. The molecule has 184 valence electrons. The molecule has 0 spiro atoms. The second kappa shape index (κ2) is 8.64. The minimum absolute atomic E-state index is 0.0199. The third kappa shape index (κ3) is 5.23. The van der Waals surface area contributed by atoms with Crippen LogP contribution in [0.2, 0.25) is 0 Å². The molecule has 11 heteroatoms. The number of nitrogens with one attached hydrogen (secondary N) is 1. The number of amides is 1. The van der Waals surface area contributed by atoms with E-state index in [4.69, 9.17) is 9.26 Å². The molecule has 1 amide bonds. The lowest BCUT2D eigenvalue weighted by Gasteiger charge is -2.26. The molecule has 1 N–H and O–H groups in total. The van der Waals surface area contributed by atoms with E-state index in [-0.39, 0.29) is 23.8 Å². The zero-order valence-corrected chi connectivity index (χ0v) is 20.9. The Hall–Kier alpha value is -4.02. The third-order valence-electron chi connectivity index (χ3n) is 5.15. The number of nitrogens with zero attached hydrogens (tertiary/aromatic N) is 6. The van der Waals surface area contributed by atoms with Crippen molar-refractivity contribution >= 4 is 17.1 Å². The van der Waals surface area contributed by atoms with Crippen molar-refractivity contribution in [3.05, 3.63) is 63.9 Å². The first kappa shape index (κ1) is 24.1. The van der Waals surface area contributed by atoms with E-state index in [0.717, 1.165) is 16.8 Å². The van der Waals surface area contributed by atoms with Gasteiger partial charge in [0.2, 0.25) is 5.89 Å². The highest BCUT2D eigenvalue weighted by Gasteiger charge is 2.31. The minimum atomic E-state index is -0.954. The average Bonchev–Trinajstić information content (AvgIpc) is 3.35. The van der Waals surface area contributed by atoms with E-state index in [9.17, 15) is 9.59 Å². The highest BCUT2D eigenvalue weighted by molar-refractivity contribution is 5.75. The van der Waals surface area contributed by atoms with E-state index in [1.807, 2.05) is 26.0 Å². The molecule has 0 aliphatic carbocycles. The summed E-state index contributed by atoms with van der Waals surface area (Å²) in [6, 6.07) is 6.04. The van der Waals surface area contributed by atoms with Gasteiger partial charge in [-0.15, -0.1) is 0 Å². The number of carbonyl (C=O) groups is 1. The van der Waals surface area contributed by atoms with Crippen LogP contribution in [0.3, 0.4) is 0 Å². The van der Waals surface area contributed by atoms with Crippen LogP contribution >= 0.6 is 0 Å². The lowest BCUT2D eigenvalue weighted by atomic mass is 10.1. The van der Waals surface area contributed by atoms with Crippen LogP contribution in [-0.4, -0.2) is 41.2 Å².